The lowest BCUT2D eigenvalue weighted by Crippen LogP contribution is -2.33. The van der Waals surface area contributed by atoms with Gasteiger partial charge in [-0.15, -0.1) is 0 Å². The van der Waals surface area contributed by atoms with Crippen molar-refractivity contribution in [2.75, 3.05) is 20.8 Å². The molecule has 0 aliphatic rings. The van der Waals surface area contributed by atoms with E-state index in [9.17, 15) is 40.0 Å². The summed E-state index contributed by atoms with van der Waals surface area (Å²) in [6, 6.07) is -0.212. The van der Waals surface area contributed by atoms with Crippen molar-refractivity contribution in [2.45, 2.75) is 23.9 Å². The molecule has 0 heterocycles. The molecule has 0 fully saturated rings. The number of hydrogen-bond donors (Lipinski definition) is 1. The number of ether oxygens (including phenoxy) is 2. The molecule has 1 aromatic rings. The number of nitrogens with one attached hydrogen (secondary N) is 1. The summed E-state index contributed by atoms with van der Waals surface area (Å²) < 4.78 is 102. The smallest absolute Gasteiger partial charge is 0.417 e. The molecule has 0 unspecified atom stereocenters. The minimum atomic E-state index is -5.28. The molecule has 13 heteroatoms. The Labute approximate surface area is 150 Å². The van der Waals surface area contributed by atoms with Crippen LogP contribution in [0.25, 0.3) is 0 Å². The van der Waals surface area contributed by atoms with E-state index in [-0.39, 0.29) is 12.1 Å². The number of carbonyl (C=O) groups is 2. The van der Waals surface area contributed by atoms with Crippen molar-refractivity contribution < 1.29 is 49.4 Å². The number of benzene rings is 1. The second-order valence-electron chi connectivity index (χ2n) is 4.89. The van der Waals surface area contributed by atoms with Gasteiger partial charge in [0, 0.05) is 0 Å². The van der Waals surface area contributed by atoms with Gasteiger partial charge in [-0.2, -0.15) is 22.0 Å². The van der Waals surface area contributed by atoms with E-state index in [4.69, 9.17) is 0 Å². The molecule has 1 rings (SSSR count). The van der Waals surface area contributed by atoms with Gasteiger partial charge in [-0.1, -0.05) is 0 Å². The highest BCUT2D eigenvalue weighted by molar-refractivity contribution is 7.89. The van der Waals surface area contributed by atoms with E-state index >= 15 is 0 Å². The van der Waals surface area contributed by atoms with Crippen LogP contribution in [0.1, 0.15) is 28.4 Å². The second kappa shape index (κ2) is 7.76. The Morgan fingerprint density at radius 1 is 1.11 bits per heavy atom. The molecule has 0 saturated heterocycles. The van der Waals surface area contributed by atoms with Crippen LogP contribution in [0.4, 0.5) is 22.0 Å². The largest absolute Gasteiger partial charge is 0.465 e. The number of methoxy groups -OCH3 is 1. The van der Waals surface area contributed by atoms with Gasteiger partial charge >= 0.3 is 24.0 Å². The zero-order chi connectivity index (χ0) is 21.2. The molecule has 0 saturated carbocycles. The van der Waals surface area contributed by atoms with Crippen LogP contribution < -0.4 is 4.72 Å². The van der Waals surface area contributed by atoms with Gasteiger partial charge in [0.1, 0.15) is 0 Å². The van der Waals surface area contributed by atoms with Gasteiger partial charge in [0.15, 0.2) is 0 Å². The highest BCUT2D eigenvalue weighted by Crippen LogP contribution is 2.40. The van der Waals surface area contributed by atoms with Crippen molar-refractivity contribution in [2.24, 2.45) is 0 Å². The summed E-state index contributed by atoms with van der Waals surface area (Å²) in [5.74, 6) is -8.52. The highest BCUT2D eigenvalue weighted by atomic mass is 32.2. The predicted molar refractivity (Wildman–Crippen MR) is 79.6 cm³/mol. The Bertz CT molecular complexity index is 850. The van der Waals surface area contributed by atoms with Crippen molar-refractivity contribution >= 4 is 22.0 Å². The van der Waals surface area contributed by atoms with Gasteiger partial charge < -0.3 is 9.47 Å². The van der Waals surface area contributed by atoms with Crippen LogP contribution in [0.5, 0.6) is 0 Å². The van der Waals surface area contributed by atoms with Crippen LogP contribution in [-0.4, -0.2) is 41.1 Å². The third kappa shape index (κ3) is 4.53. The fourth-order valence-electron chi connectivity index (χ4n) is 2.00. The molecule has 0 aliphatic heterocycles. The zero-order valence-electron chi connectivity index (χ0n) is 14.1. The molecular weight excluding hydrogens is 405 g/mol. The van der Waals surface area contributed by atoms with Crippen LogP contribution >= 0.6 is 0 Å². The molecule has 0 radical (unpaired) electrons. The summed E-state index contributed by atoms with van der Waals surface area (Å²) in [6.07, 6.45) is -5.28. The van der Waals surface area contributed by atoms with Crippen molar-refractivity contribution in [3.8, 4) is 0 Å². The molecule has 7 nitrogen and oxygen atoms in total. The van der Waals surface area contributed by atoms with Crippen molar-refractivity contribution in [1.82, 2.24) is 4.72 Å². The summed E-state index contributed by atoms with van der Waals surface area (Å²) in [6.45, 7) is 0.679. The predicted octanol–water partition coefficient (Wildman–Crippen LogP) is 2.05. The van der Waals surface area contributed by atoms with Crippen molar-refractivity contribution in [1.29, 1.82) is 0 Å². The van der Waals surface area contributed by atoms with Gasteiger partial charge in [0.05, 0.1) is 35.3 Å². The van der Waals surface area contributed by atoms with E-state index in [0.29, 0.717) is 7.11 Å². The molecule has 152 valence electrons. The Morgan fingerprint density at radius 3 is 2.07 bits per heavy atom. The van der Waals surface area contributed by atoms with Crippen molar-refractivity contribution in [3.05, 3.63) is 28.8 Å². The standard InChI is InChI=1S/C14H14F5NO6S/c1-4-26-12(22)13(15,16)9-5-7(11(21)25-3)8(14(17,18)19)6-10(9)27(23,24)20-2/h5-6,20H,4H2,1-3H3. The minimum Gasteiger partial charge on any atom is -0.465 e. The first-order valence-electron chi connectivity index (χ1n) is 7.06. The second-order valence-corrected chi connectivity index (χ2v) is 6.74. The molecule has 1 aromatic carbocycles. The van der Waals surface area contributed by atoms with Crippen LogP contribution in [0.15, 0.2) is 17.0 Å². The van der Waals surface area contributed by atoms with E-state index < -0.39 is 62.3 Å². The average Bonchev–Trinajstić information content (AvgIpc) is 2.59. The van der Waals surface area contributed by atoms with E-state index in [1.165, 1.54) is 6.92 Å². The summed E-state index contributed by atoms with van der Waals surface area (Å²) in [7, 11) is -3.42. The lowest BCUT2D eigenvalue weighted by Gasteiger charge is -2.21. The zero-order valence-corrected chi connectivity index (χ0v) is 14.9. The molecule has 27 heavy (non-hydrogen) atoms. The van der Waals surface area contributed by atoms with E-state index in [1.54, 1.807) is 4.72 Å². The SMILES string of the molecule is CCOC(=O)C(F)(F)c1cc(C(=O)OC)c(C(F)(F)F)cc1S(=O)(=O)NC. The molecule has 0 aliphatic carbocycles. The summed E-state index contributed by atoms with van der Waals surface area (Å²) >= 11 is 0. The number of rotatable bonds is 6. The topological polar surface area (TPSA) is 98.8 Å². The van der Waals surface area contributed by atoms with Gasteiger partial charge in [-0.3, -0.25) is 0 Å². The van der Waals surface area contributed by atoms with E-state index in [1.807, 2.05) is 0 Å². The average molecular weight is 419 g/mol. The number of sulfonamides is 1. The van der Waals surface area contributed by atoms with Gasteiger partial charge in [0.2, 0.25) is 10.0 Å². The summed E-state index contributed by atoms with van der Waals surface area (Å²) in [4.78, 5) is 21.6. The minimum absolute atomic E-state index is 0.0458. The van der Waals surface area contributed by atoms with E-state index in [0.717, 1.165) is 7.05 Å². The number of hydrogen-bond acceptors (Lipinski definition) is 6. The molecule has 1 N–H and O–H groups in total. The maximum atomic E-state index is 14.4. The lowest BCUT2D eigenvalue weighted by atomic mass is 9.99. The first-order chi connectivity index (χ1) is 12.2. The van der Waals surface area contributed by atoms with Crippen LogP contribution in [0.3, 0.4) is 0 Å². The number of esters is 2. The third-order valence-corrected chi connectivity index (χ3v) is 4.71. The molecule has 0 spiro atoms. The van der Waals surface area contributed by atoms with Crippen LogP contribution in [-0.2, 0) is 36.4 Å². The molecular formula is C14H14F5NO6S. The molecule has 0 bridgehead atoms. The maximum absolute atomic E-state index is 14.4. The Balaban J connectivity index is 4.01. The summed E-state index contributed by atoms with van der Waals surface area (Å²) in [5.41, 5.74) is -4.88. The maximum Gasteiger partial charge on any atom is 0.417 e. The fourth-order valence-corrected chi connectivity index (χ4v) is 2.97. The number of halogens is 5. The third-order valence-electron chi connectivity index (χ3n) is 3.26. The van der Waals surface area contributed by atoms with Gasteiger partial charge in [-0.25, -0.2) is 22.7 Å². The van der Waals surface area contributed by atoms with Gasteiger partial charge in [0.25, 0.3) is 0 Å². The van der Waals surface area contributed by atoms with Crippen molar-refractivity contribution in [3.63, 3.8) is 0 Å². The number of carbonyl (C=O) groups excluding carboxylic acids is 2. The Kier molecular flexibility index (Phi) is 6.54. The number of alkyl halides is 5. The quantitative estimate of drug-likeness (QED) is 0.560. The molecule has 0 atom stereocenters. The molecule has 0 aromatic heterocycles. The lowest BCUT2D eigenvalue weighted by molar-refractivity contribution is -0.173. The highest BCUT2D eigenvalue weighted by Gasteiger charge is 2.49. The Morgan fingerprint density at radius 2 is 1.67 bits per heavy atom. The normalized spacial score (nSPS) is 12.6. The van der Waals surface area contributed by atoms with Gasteiger partial charge in [-0.05, 0) is 26.1 Å². The summed E-state index contributed by atoms with van der Waals surface area (Å²) in [5, 5.41) is 0. The first-order valence-corrected chi connectivity index (χ1v) is 8.54. The van der Waals surface area contributed by atoms with E-state index in [2.05, 4.69) is 9.47 Å². The van der Waals surface area contributed by atoms with Crippen LogP contribution in [0, 0.1) is 0 Å². The van der Waals surface area contributed by atoms with Crippen LogP contribution in [0.2, 0.25) is 0 Å². The molecule has 0 amide bonds. The fraction of sp³-hybridized carbons (Fsp3) is 0.429. The first kappa shape index (κ1) is 22.8. The Hall–Kier alpha value is -2.28. The monoisotopic (exact) mass is 419 g/mol.